The van der Waals surface area contributed by atoms with Gasteiger partial charge in [0.15, 0.2) is 0 Å². The molecule has 0 bridgehead atoms. The van der Waals surface area contributed by atoms with Crippen LogP contribution in [0.2, 0.25) is 0 Å². The van der Waals surface area contributed by atoms with Crippen LogP contribution in [-0.2, 0) is 11.3 Å². The maximum Gasteiger partial charge on any atom is 0.338 e. The van der Waals surface area contributed by atoms with Crippen molar-refractivity contribution in [2.75, 3.05) is 0 Å². The molecule has 4 nitrogen and oxygen atoms in total. The highest BCUT2D eigenvalue weighted by Crippen LogP contribution is 2.22. The average Bonchev–Trinajstić information content (AvgIpc) is 2.97. The molecule has 24 heavy (non-hydrogen) atoms. The third kappa shape index (κ3) is 3.35. The summed E-state index contributed by atoms with van der Waals surface area (Å²) >= 11 is 0. The topological polar surface area (TPSA) is 52.3 Å². The summed E-state index contributed by atoms with van der Waals surface area (Å²) in [4.78, 5) is 16.4. The van der Waals surface area contributed by atoms with Crippen LogP contribution in [0.1, 0.15) is 27.4 Å². The Hall–Kier alpha value is -2.95. The smallest absolute Gasteiger partial charge is 0.338 e. The Morgan fingerprint density at radius 2 is 1.92 bits per heavy atom. The quantitative estimate of drug-likeness (QED) is 0.665. The number of halogens is 1. The number of aryl methyl sites for hydroxylation is 2. The van der Waals surface area contributed by atoms with Gasteiger partial charge >= 0.3 is 5.97 Å². The molecule has 0 spiro atoms. The molecule has 0 unspecified atom stereocenters. The molecule has 3 rings (SSSR count). The first-order valence-corrected chi connectivity index (χ1v) is 7.49. The molecule has 0 saturated heterocycles. The van der Waals surface area contributed by atoms with Crippen molar-refractivity contribution in [1.82, 2.24) is 4.98 Å². The van der Waals surface area contributed by atoms with Crippen molar-refractivity contribution in [2.45, 2.75) is 20.5 Å². The molecule has 0 saturated carbocycles. The Balaban J connectivity index is 1.71. The second-order valence-electron chi connectivity index (χ2n) is 5.43. The van der Waals surface area contributed by atoms with E-state index in [1.807, 2.05) is 30.3 Å². The molecule has 1 aromatic heterocycles. The predicted molar refractivity (Wildman–Crippen MR) is 86.9 cm³/mol. The van der Waals surface area contributed by atoms with Gasteiger partial charge in [0.1, 0.15) is 23.9 Å². The number of aromatic nitrogens is 1. The molecule has 0 fully saturated rings. The zero-order valence-electron chi connectivity index (χ0n) is 13.4. The van der Waals surface area contributed by atoms with E-state index in [0.717, 1.165) is 5.56 Å². The van der Waals surface area contributed by atoms with Crippen LogP contribution in [0.15, 0.2) is 52.9 Å². The molecule has 122 valence electrons. The van der Waals surface area contributed by atoms with Crippen molar-refractivity contribution in [3.8, 4) is 11.5 Å². The van der Waals surface area contributed by atoms with Crippen LogP contribution in [0.5, 0.6) is 0 Å². The Bertz CT molecular complexity index is 872. The lowest BCUT2D eigenvalue weighted by atomic mass is 10.1. The van der Waals surface area contributed by atoms with Crippen LogP contribution >= 0.6 is 0 Å². The third-order valence-electron chi connectivity index (χ3n) is 3.66. The fraction of sp³-hybridized carbons (Fsp3) is 0.158. The van der Waals surface area contributed by atoms with Crippen molar-refractivity contribution in [1.29, 1.82) is 0 Å². The van der Waals surface area contributed by atoms with Gasteiger partial charge in [0.25, 0.3) is 0 Å². The minimum absolute atomic E-state index is 0.0313. The summed E-state index contributed by atoms with van der Waals surface area (Å²) < 4.78 is 24.3. The van der Waals surface area contributed by atoms with Gasteiger partial charge in [-0.25, -0.2) is 14.2 Å². The molecule has 5 heteroatoms. The van der Waals surface area contributed by atoms with E-state index in [2.05, 4.69) is 4.98 Å². The van der Waals surface area contributed by atoms with Crippen molar-refractivity contribution in [2.24, 2.45) is 0 Å². The van der Waals surface area contributed by atoms with Crippen LogP contribution in [-0.4, -0.2) is 11.0 Å². The number of hydrogen-bond donors (Lipinski definition) is 0. The van der Waals surface area contributed by atoms with Crippen LogP contribution in [0.4, 0.5) is 4.39 Å². The Morgan fingerprint density at radius 1 is 1.17 bits per heavy atom. The molecule has 0 aliphatic rings. The van der Waals surface area contributed by atoms with Gasteiger partial charge < -0.3 is 9.15 Å². The van der Waals surface area contributed by atoms with Crippen LogP contribution in [0.25, 0.3) is 11.5 Å². The number of carbonyl (C=O) groups excluding carboxylic acids is 1. The van der Waals surface area contributed by atoms with E-state index in [0.29, 0.717) is 22.9 Å². The number of oxazole rings is 1. The number of hydrogen-bond acceptors (Lipinski definition) is 4. The predicted octanol–water partition coefficient (Wildman–Crippen LogP) is 4.45. The van der Waals surface area contributed by atoms with E-state index in [1.165, 1.54) is 12.1 Å². The van der Waals surface area contributed by atoms with Gasteiger partial charge in [-0.15, -0.1) is 0 Å². The van der Waals surface area contributed by atoms with Gasteiger partial charge in [-0.3, -0.25) is 0 Å². The first kappa shape index (κ1) is 15.9. The van der Waals surface area contributed by atoms with E-state index >= 15 is 0 Å². The summed E-state index contributed by atoms with van der Waals surface area (Å²) in [5.74, 6) is 0.0169. The number of rotatable bonds is 4. The molecule has 3 aromatic rings. The van der Waals surface area contributed by atoms with Gasteiger partial charge in [-0.05, 0) is 43.7 Å². The van der Waals surface area contributed by atoms with Crippen molar-refractivity contribution >= 4 is 5.97 Å². The molecular formula is C19H16FNO3. The zero-order valence-corrected chi connectivity index (χ0v) is 13.4. The molecule has 0 amide bonds. The van der Waals surface area contributed by atoms with E-state index in [-0.39, 0.29) is 12.2 Å². The Kier molecular flexibility index (Phi) is 4.42. The molecule has 0 N–H and O–H groups in total. The average molecular weight is 325 g/mol. The van der Waals surface area contributed by atoms with E-state index in [9.17, 15) is 9.18 Å². The minimum Gasteiger partial charge on any atom is -0.455 e. The molecule has 2 aromatic carbocycles. The van der Waals surface area contributed by atoms with E-state index in [4.69, 9.17) is 9.15 Å². The van der Waals surface area contributed by atoms with Crippen molar-refractivity contribution < 1.29 is 18.3 Å². The highest BCUT2D eigenvalue weighted by molar-refractivity contribution is 5.89. The highest BCUT2D eigenvalue weighted by atomic mass is 19.1. The fourth-order valence-electron chi connectivity index (χ4n) is 2.20. The normalized spacial score (nSPS) is 10.6. The number of carbonyl (C=O) groups is 1. The van der Waals surface area contributed by atoms with Gasteiger partial charge in [0.2, 0.25) is 5.89 Å². The van der Waals surface area contributed by atoms with Crippen molar-refractivity contribution in [3.05, 3.63) is 76.9 Å². The number of esters is 1. The SMILES string of the molecule is Cc1ccc(C(=O)OCc2nc(-c3ccccc3)oc2C)cc1F. The van der Waals surface area contributed by atoms with Gasteiger partial charge in [-0.1, -0.05) is 24.3 Å². The number of ether oxygens (including phenoxy) is 1. The highest BCUT2D eigenvalue weighted by Gasteiger charge is 2.15. The fourth-order valence-corrected chi connectivity index (χ4v) is 2.20. The van der Waals surface area contributed by atoms with Crippen LogP contribution in [0, 0.1) is 19.7 Å². The van der Waals surface area contributed by atoms with Crippen LogP contribution < -0.4 is 0 Å². The molecule has 0 aliphatic carbocycles. The summed E-state index contributed by atoms with van der Waals surface area (Å²) in [7, 11) is 0. The van der Waals surface area contributed by atoms with Gasteiger partial charge in [0, 0.05) is 5.56 Å². The van der Waals surface area contributed by atoms with Crippen LogP contribution in [0.3, 0.4) is 0 Å². The zero-order chi connectivity index (χ0) is 17.1. The lowest BCUT2D eigenvalue weighted by Gasteiger charge is -2.04. The summed E-state index contributed by atoms with van der Waals surface area (Å²) in [6.07, 6.45) is 0. The van der Waals surface area contributed by atoms with Gasteiger partial charge in [0.05, 0.1) is 5.56 Å². The second kappa shape index (κ2) is 6.66. The maximum absolute atomic E-state index is 13.5. The third-order valence-corrected chi connectivity index (χ3v) is 3.66. The molecule has 0 radical (unpaired) electrons. The maximum atomic E-state index is 13.5. The molecule has 1 heterocycles. The Labute approximate surface area is 138 Å². The molecule has 0 atom stereocenters. The summed E-state index contributed by atoms with van der Waals surface area (Å²) in [5.41, 5.74) is 2.03. The monoisotopic (exact) mass is 325 g/mol. The molecule has 0 aliphatic heterocycles. The summed E-state index contributed by atoms with van der Waals surface area (Å²) in [6, 6.07) is 13.7. The number of benzene rings is 2. The standard InChI is InChI=1S/C19H16FNO3/c1-12-8-9-15(10-16(12)20)19(22)23-11-17-13(2)24-18(21-17)14-6-4-3-5-7-14/h3-10H,11H2,1-2H3. The van der Waals surface area contributed by atoms with Gasteiger partial charge in [-0.2, -0.15) is 0 Å². The first-order valence-electron chi connectivity index (χ1n) is 7.49. The lowest BCUT2D eigenvalue weighted by molar-refractivity contribution is 0.0466. The van der Waals surface area contributed by atoms with E-state index < -0.39 is 11.8 Å². The largest absolute Gasteiger partial charge is 0.455 e. The lowest BCUT2D eigenvalue weighted by Crippen LogP contribution is -2.06. The Morgan fingerprint density at radius 3 is 2.62 bits per heavy atom. The minimum atomic E-state index is -0.599. The number of nitrogens with zero attached hydrogens (tertiary/aromatic N) is 1. The summed E-state index contributed by atoms with van der Waals surface area (Å²) in [5, 5.41) is 0. The second-order valence-corrected chi connectivity index (χ2v) is 5.43. The van der Waals surface area contributed by atoms with E-state index in [1.54, 1.807) is 19.9 Å². The molecular weight excluding hydrogens is 309 g/mol. The first-order chi connectivity index (χ1) is 11.5. The summed E-state index contributed by atoms with van der Waals surface area (Å²) in [6.45, 7) is 3.36. The van der Waals surface area contributed by atoms with Crippen molar-refractivity contribution in [3.63, 3.8) is 0 Å².